The summed E-state index contributed by atoms with van der Waals surface area (Å²) in [5.41, 5.74) is -0.836. The molecule has 46 heavy (non-hydrogen) atoms. The first-order valence-electron chi connectivity index (χ1n) is 16.0. The van der Waals surface area contributed by atoms with Gasteiger partial charge >= 0.3 is 5.97 Å². The predicted octanol–water partition coefficient (Wildman–Crippen LogP) is 3.85. The molecular weight excluding hydrogens is 654 g/mol. The molecule has 4 aliphatic heterocycles. The Kier molecular flexibility index (Phi) is 9.11. The van der Waals surface area contributed by atoms with Gasteiger partial charge in [-0.05, 0) is 54.7 Å². The van der Waals surface area contributed by atoms with Crippen LogP contribution in [0.15, 0.2) is 65.2 Å². The number of cyclic esters (lactones) is 1. The third-order valence-electron chi connectivity index (χ3n) is 9.43. The summed E-state index contributed by atoms with van der Waals surface area (Å²) in [6.45, 7) is 5.61. The van der Waals surface area contributed by atoms with Crippen molar-refractivity contribution >= 4 is 56.1 Å². The molecule has 0 unspecified atom stereocenters. The Morgan fingerprint density at radius 3 is 2.57 bits per heavy atom. The van der Waals surface area contributed by atoms with Crippen LogP contribution in [-0.4, -0.2) is 83.3 Å². The van der Waals surface area contributed by atoms with E-state index in [0.717, 1.165) is 10.8 Å². The molecule has 0 saturated carbocycles. The topological polar surface area (TPSA) is 125 Å². The van der Waals surface area contributed by atoms with Crippen molar-refractivity contribution in [2.45, 2.75) is 69.9 Å². The van der Waals surface area contributed by atoms with Crippen LogP contribution in [-0.2, 0) is 28.7 Å². The molecule has 2 saturated heterocycles. The maximum atomic E-state index is 15.1. The van der Waals surface area contributed by atoms with E-state index >= 15 is 4.79 Å². The number of nitrogens with one attached hydrogen (secondary N) is 1. The molecule has 3 amide bonds. The van der Waals surface area contributed by atoms with Crippen molar-refractivity contribution in [2.24, 2.45) is 17.8 Å². The number of allylic oxidation sites excluding steroid dienone is 1. The zero-order valence-corrected chi connectivity index (χ0v) is 27.8. The van der Waals surface area contributed by atoms with Crippen molar-refractivity contribution in [1.82, 2.24) is 10.2 Å². The average molecular weight is 695 g/mol. The van der Waals surface area contributed by atoms with Crippen molar-refractivity contribution < 1.29 is 33.8 Å². The van der Waals surface area contributed by atoms with Crippen LogP contribution in [0.25, 0.3) is 10.8 Å². The smallest absolute Gasteiger partial charge is 0.313 e. The number of rotatable bonds is 5. The molecule has 0 aromatic heterocycles. The third kappa shape index (κ3) is 5.66. The van der Waals surface area contributed by atoms with Gasteiger partial charge in [-0.1, -0.05) is 72.3 Å². The standard InChI is InChI=1S/C35H40BrN3O7/c1-20(2)15-25(19-40)39-31-33(43)38(24-13-12-22-9-6-7-10-23(22)16-24)14-8-4-5-11-27(41)37-18-21(3)45-34(44)28-29(32(39)42)35(31)17-26(36)30(28)46-35/h4,6-10,12-13,16-17,20-21,25,28-31,40H,5,11,14-15,18-19H2,1-3H3,(H,37,41)/b8-4-/t21-,25+,28+,29-,30+,31+,35-/m0/s1. The first-order chi connectivity index (χ1) is 22.1. The van der Waals surface area contributed by atoms with E-state index in [4.69, 9.17) is 9.47 Å². The maximum absolute atomic E-state index is 15.1. The van der Waals surface area contributed by atoms with Crippen LogP contribution < -0.4 is 10.2 Å². The summed E-state index contributed by atoms with van der Waals surface area (Å²) in [4.78, 5) is 59.1. The number of esters is 1. The van der Waals surface area contributed by atoms with Gasteiger partial charge in [-0.15, -0.1) is 0 Å². The van der Waals surface area contributed by atoms with Gasteiger partial charge < -0.3 is 29.7 Å². The number of fused-ring (bicyclic) bond motifs is 3. The molecule has 244 valence electrons. The fourth-order valence-corrected chi connectivity index (χ4v) is 8.15. The van der Waals surface area contributed by atoms with Crippen molar-refractivity contribution in [3.63, 3.8) is 0 Å². The zero-order chi connectivity index (χ0) is 32.7. The Hall–Kier alpha value is -3.54. The Balaban J connectivity index is 1.51. The van der Waals surface area contributed by atoms with Gasteiger partial charge in [-0.2, -0.15) is 0 Å². The van der Waals surface area contributed by atoms with Crippen molar-refractivity contribution in [3.8, 4) is 0 Å². The van der Waals surface area contributed by atoms with Gasteiger partial charge in [-0.3, -0.25) is 19.2 Å². The number of amides is 3. The van der Waals surface area contributed by atoms with Crippen LogP contribution in [0.2, 0.25) is 0 Å². The number of nitrogens with zero attached hydrogens (tertiary/aromatic N) is 2. The van der Waals surface area contributed by atoms with E-state index in [1.54, 1.807) is 17.9 Å². The molecule has 2 fully saturated rings. The monoisotopic (exact) mass is 693 g/mol. The van der Waals surface area contributed by atoms with E-state index in [0.29, 0.717) is 23.0 Å². The molecule has 6 rings (SSSR count). The molecule has 4 heterocycles. The Morgan fingerprint density at radius 1 is 1.07 bits per heavy atom. The predicted molar refractivity (Wildman–Crippen MR) is 176 cm³/mol. The lowest BCUT2D eigenvalue weighted by Crippen LogP contribution is -2.59. The number of halogens is 1. The van der Waals surface area contributed by atoms with Gasteiger partial charge in [0.25, 0.3) is 5.91 Å². The molecule has 2 N–H and O–H groups in total. The summed E-state index contributed by atoms with van der Waals surface area (Å²) in [6.07, 6.45) is 5.15. The van der Waals surface area contributed by atoms with Gasteiger partial charge in [0.15, 0.2) is 0 Å². The molecule has 1 spiro atoms. The number of carbonyl (C=O) groups excluding carboxylic acids is 4. The molecule has 0 aliphatic carbocycles. The van der Waals surface area contributed by atoms with Gasteiger partial charge in [0.05, 0.1) is 25.1 Å². The summed E-state index contributed by atoms with van der Waals surface area (Å²) in [5, 5.41) is 15.4. The highest BCUT2D eigenvalue weighted by Gasteiger charge is 2.75. The third-order valence-corrected chi connectivity index (χ3v) is 10.1. The SMILES string of the molecule is CC(C)C[C@H](CO)N1C(=O)[C@@H]2[C@H]3C(=O)O[C@@H](C)CNC(=O)CC/C=C\CN(c4ccc5ccccc5c4)C(=O)[C@@H]1[C@]21C=C(Br)[C@H]3O1. The summed E-state index contributed by atoms with van der Waals surface area (Å²) in [5.74, 6) is -3.57. The Labute approximate surface area is 276 Å². The van der Waals surface area contributed by atoms with Crippen LogP contribution in [0.5, 0.6) is 0 Å². The van der Waals surface area contributed by atoms with Gasteiger partial charge in [0.2, 0.25) is 11.8 Å². The number of aliphatic hydroxyl groups excluding tert-OH is 1. The summed E-state index contributed by atoms with van der Waals surface area (Å²) in [6, 6.07) is 11.8. The van der Waals surface area contributed by atoms with E-state index in [1.165, 1.54) is 4.90 Å². The van der Waals surface area contributed by atoms with Crippen LogP contribution >= 0.6 is 15.9 Å². The summed E-state index contributed by atoms with van der Waals surface area (Å²) in [7, 11) is 0. The number of carbonyl (C=O) groups is 4. The fraction of sp³-hybridized carbons (Fsp3) is 0.486. The van der Waals surface area contributed by atoms with Crippen molar-refractivity contribution in [1.29, 1.82) is 0 Å². The van der Waals surface area contributed by atoms with Crippen LogP contribution in [0.4, 0.5) is 5.69 Å². The van der Waals surface area contributed by atoms with E-state index < -0.39 is 53.6 Å². The lowest BCUT2D eigenvalue weighted by molar-refractivity contribution is -0.159. The number of benzene rings is 2. The first kappa shape index (κ1) is 32.4. The van der Waals surface area contributed by atoms with Crippen molar-refractivity contribution in [2.75, 3.05) is 24.6 Å². The molecule has 4 aliphatic rings. The summed E-state index contributed by atoms with van der Waals surface area (Å²) < 4.78 is 12.9. The van der Waals surface area contributed by atoms with Gasteiger partial charge in [-0.25, -0.2) is 0 Å². The molecule has 10 nitrogen and oxygen atoms in total. The first-order valence-corrected chi connectivity index (χ1v) is 16.8. The number of hydrogen-bond donors (Lipinski definition) is 2. The van der Waals surface area contributed by atoms with E-state index in [1.807, 2.05) is 68.5 Å². The second kappa shape index (κ2) is 12.9. The number of anilines is 1. The lowest BCUT2D eigenvalue weighted by Gasteiger charge is -2.39. The number of likely N-dealkylation sites (tertiary alicyclic amines) is 1. The Bertz CT molecular complexity index is 1610. The van der Waals surface area contributed by atoms with E-state index in [-0.39, 0.29) is 43.8 Å². The molecule has 5 bridgehead atoms. The highest BCUT2D eigenvalue weighted by atomic mass is 79.9. The van der Waals surface area contributed by atoms with Crippen LogP contribution in [0, 0.1) is 17.8 Å². The maximum Gasteiger partial charge on any atom is 0.313 e. The average Bonchev–Trinajstić information content (AvgIpc) is 3.62. The normalized spacial score (nSPS) is 31.6. The number of aliphatic hydroxyl groups is 1. The zero-order valence-electron chi connectivity index (χ0n) is 26.2. The van der Waals surface area contributed by atoms with Crippen LogP contribution in [0.3, 0.4) is 0 Å². The minimum atomic E-state index is -1.46. The minimum Gasteiger partial charge on any atom is -0.460 e. The Morgan fingerprint density at radius 2 is 1.83 bits per heavy atom. The lowest BCUT2D eigenvalue weighted by atomic mass is 9.74. The molecule has 7 atom stereocenters. The fourth-order valence-electron chi connectivity index (χ4n) is 7.41. The van der Waals surface area contributed by atoms with Gasteiger partial charge in [0, 0.05) is 23.1 Å². The molecule has 0 radical (unpaired) electrons. The molecular formula is C35H40BrN3O7. The molecule has 2 aromatic carbocycles. The van der Waals surface area contributed by atoms with E-state index in [2.05, 4.69) is 21.2 Å². The van der Waals surface area contributed by atoms with Crippen molar-refractivity contribution in [3.05, 3.63) is 65.2 Å². The summed E-state index contributed by atoms with van der Waals surface area (Å²) >= 11 is 3.58. The largest absolute Gasteiger partial charge is 0.460 e. The second-order valence-electron chi connectivity index (χ2n) is 13.1. The minimum absolute atomic E-state index is 0.111. The number of ether oxygens (including phenoxy) is 2. The second-order valence-corrected chi connectivity index (χ2v) is 14.0. The van der Waals surface area contributed by atoms with Crippen LogP contribution in [0.1, 0.15) is 40.0 Å². The highest BCUT2D eigenvalue weighted by Crippen LogP contribution is 2.59. The molecule has 11 heteroatoms. The van der Waals surface area contributed by atoms with E-state index in [9.17, 15) is 19.5 Å². The molecule has 2 aromatic rings. The van der Waals surface area contributed by atoms with Gasteiger partial charge in [0.1, 0.15) is 29.8 Å². The highest BCUT2D eigenvalue weighted by molar-refractivity contribution is 9.11. The number of hydrogen-bond acceptors (Lipinski definition) is 7. The quantitative estimate of drug-likeness (QED) is 0.360.